The van der Waals surface area contributed by atoms with E-state index in [4.69, 9.17) is 4.98 Å². The first kappa shape index (κ1) is 19.9. The molecule has 2 fully saturated rings. The van der Waals surface area contributed by atoms with E-state index < -0.39 is 0 Å². The average molecular weight is 462 g/mol. The number of guanidine groups is 1. The molecule has 1 aliphatic carbocycles. The summed E-state index contributed by atoms with van der Waals surface area (Å²) in [7, 11) is 1.91. The Morgan fingerprint density at radius 2 is 1.96 bits per heavy atom. The second kappa shape index (κ2) is 9.36. The quantitative estimate of drug-likeness (QED) is 0.420. The van der Waals surface area contributed by atoms with Gasteiger partial charge in [-0.25, -0.2) is 4.98 Å². The van der Waals surface area contributed by atoms with Crippen LogP contribution in [0.2, 0.25) is 0 Å². The van der Waals surface area contributed by atoms with Crippen LogP contribution in [0.3, 0.4) is 0 Å². The highest BCUT2D eigenvalue weighted by molar-refractivity contribution is 14.0. The van der Waals surface area contributed by atoms with Crippen LogP contribution in [0.25, 0.3) is 0 Å². The SMILES string of the molecule is CCc1nc(CCNC(=NC)N2CC3CCCCC3C2)sc1C.I. The highest BCUT2D eigenvalue weighted by Gasteiger charge is 2.35. The van der Waals surface area contributed by atoms with E-state index in [0.29, 0.717) is 0 Å². The van der Waals surface area contributed by atoms with E-state index in [0.717, 1.165) is 37.2 Å². The number of hydrogen-bond donors (Lipinski definition) is 1. The van der Waals surface area contributed by atoms with Gasteiger partial charge in [0.25, 0.3) is 0 Å². The fourth-order valence-electron chi connectivity index (χ4n) is 4.11. The summed E-state index contributed by atoms with van der Waals surface area (Å²) in [4.78, 5) is 13.1. The maximum absolute atomic E-state index is 4.73. The van der Waals surface area contributed by atoms with Crippen LogP contribution in [0.4, 0.5) is 0 Å². The number of likely N-dealkylation sites (tertiary alicyclic amines) is 1. The van der Waals surface area contributed by atoms with E-state index in [1.165, 1.54) is 54.4 Å². The third-order valence-corrected chi connectivity index (χ3v) is 6.45. The van der Waals surface area contributed by atoms with Gasteiger partial charge in [0.15, 0.2) is 5.96 Å². The standard InChI is InChI=1S/C18H30N4S.HI/c1-4-16-13(2)23-17(21-16)9-10-20-18(19-3)22-11-14-7-5-6-8-15(14)12-22;/h14-15H,4-12H2,1-3H3,(H,19,20);1H. The van der Waals surface area contributed by atoms with Crippen LogP contribution < -0.4 is 5.32 Å². The highest BCUT2D eigenvalue weighted by Crippen LogP contribution is 2.35. The zero-order valence-electron chi connectivity index (χ0n) is 15.2. The molecule has 2 heterocycles. The van der Waals surface area contributed by atoms with Crippen molar-refractivity contribution in [3.63, 3.8) is 0 Å². The predicted molar refractivity (Wildman–Crippen MR) is 114 cm³/mol. The van der Waals surface area contributed by atoms with Crippen LogP contribution in [0.5, 0.6) is 0 Å². The molecule has 1 N–H and O–H groups in total. The van der Waals surface area contributed by atoms with Gasteiger partial charge in [0.05, 0.1) is 10.7 Å². The van der Waals surface area contributed by atoms with Crippen LogP contribution in [0.15, 0.2) is 4.99 Å². The molecule has 4 nitrogen and oxygen atoms in total. The fourth-order valence-corrected chi connectivity index (χ4v) is 5.14. The van der Waals surface area contributed by atoms with Crippen molar-refractivity contribution in [1.82, 2.24) is 15.2 Å². The topological polar surface area (TPSA) is 40.5 Å². The van der Waals surface area contributed by atoms with Gasteiger partial charge in [0.2, 0.25) is 0 Å². The van der Waals surface area contributed by atoms with Gasteiger partial charge in [-0.15, -0.1) is 35.3 Å². The number of halogens is 1. The Hall–Kier alpha value is -0.370. The Kier molecular flexibility index (Phi) is 7.78. The lowest BCUT2D eigenvalue weighted by Crippen LogP contribution is -2.41. The molecule has 24 heavy (non-hydrogen) atoms. The van der Waals surface area contributed by atoms with Gasteiger partial charge < -0.3 is 10.2 Å². The van der Waals surface area contributed by atoms with E-state index in [1.807, 2.05) is 18.4 Å². The number of fused-ring (bicyclic) bond motifs is 1. The minimum absolute atomic E-state index is 0. The minimum atomic E-state index is 0. The molecular weight excluding hydrogens is 431 g/mol. The summed E-state index contributed by atoms with van der Waals surface area (Å²) in [5.74, 6) is 2.88. The minimum Gasteiger partial charge on any atom is -0.356 e. The number of aryl methyl sites for hydroxylation is 2. The fraction of sp³-hybridized carbons (Fsp3) is 0.778. The van der Waals surface area contributed by atoms with Gasteiger partial charge in [-0.3, -0.25) is 4.99 Å². The summed E-state index contributed by atoms with van der Waals surface area (Å²) >= 11 is 1.84. The van der Waals surface area contributed by atoms with Crippen molar-refractivity contribution in [2.75, 3.05) is 26.7 Å². The molecule has 2 unspecified atom stereocenters. The van der Waals surface area contributed by atoms with Gasteiger partial charge in [-0.05, 0) is 38.0 Å². The molecule has 1 saturated carbocycles. The lowest BCUT2D eigenvalue weighted by Gasteiger charge is -2.22. The Bertz CT molecular complexity index is 543. The molecule has 2 atom stereocenters. The average Bonchev–Trinajstić information content (AvgIpc) is 3.14. The number of hydrogen-bond acceptors (Lipinski definition) is 3. The largest absolute Gasteiger partial charge is 0.356 e. The van der Waals surface area contributed by atoms with Crippen molar-refractivity contribution in [2.24, 2.45) is 16.8 Å². The second-order valence-electron chi connectivity index (χ2n) is 6.90. The van der Waals surface area contributed by atoms with Gasteiger partial charge in [0.1, 0.15) is 0 Å². The first-order valence-electron chi connectivity index (χ1n) is 9.12. The Balaban J connectivity index is 0.00000208. The van der Waals surface area contributed by atoms with Crippen LogP contribution in [0.1, 0.15) is 48.2 Å². The molecule has 0 aromatic carbocycles. The van der Waals surface area contributed by atoms with E-state index in [9.17, 15) is 0 Å². The van der Waals surface area contributed by atoms with Gasteiger partial charge in [-0.2, -0.15) is 0 Å². The lowest BCUT2D eigenvalue weighted by molar-refractivity contribution is 0.299. The number of nitrogens with zero attached hydrogens (tertiary/aromatic N) is 3. The highest BCUT2D eigenvalue weighted by atomic mass is 127. The lowest BCUT2D eigenvalue weighted by atomic mass is 9.82. The summed E-state index contributed by atoms with van der Waals surface area (Å²) in [6.45, 7) is 7.67. The molecule has 1 aromatic heterocycles. The van der Waals surface area contributed by atoms with Crippen LogP contribution in [-0.2, 0) is 12.8 Å². The smallest absolute Gasteiger partial charge is 0.193 e. The van der Waals surface area contributed by atoms with E-state index in [2.05, 4.69) is 29.1 Å². The third-order valence-electron chi connectivity index (χ3n) is 5.38. The van der Waals surface area contributed by atoms with Crippen molar-refractivity contribution in [3.05, 3.63) is 15.6 Å². The van der Waals surface area contributed by atoms with E-state index in [1.54, 1.807) is 0 Å². The summed E-state index contributed by atoms with van der Waals surface area (Å²) < 4.78 is 0. The van der Waals surface area contributed by atoms with Gasteiger partial charge >= 0.3 is 0 Å². The summed E-state index contributed by atoms with van der Waals surface area (Å²) in [6.07, 6.45) is 7.69. The molecular formula is C18H31IN4S. The number of thiazole rings is 1. The molecule has 136 valence electrons. The summed E-state index contributed by atoms with van der Waals surface area (Å²) in [5.41, 5.74) is 1.26. The van der Waals surface area contributed by atoms with Crippen molar-refractivity contribution < 1.29 is 0 Å². The molecule has 0 bridgehead atoms. The number of nitrogens with one attached hydrogen (secondary N) is 1. The van der Waals surface area contributed by atoms with Crippen molar-refractivity contribution in [3.8, 4) is 0 Å². The molecule has 0 spiro atoms. The van der Waals surface area contributed by atoms with E-state index in [-0.39, 0.29) is 24.0 Å². The summed E-state index contributed by atoms with van der Waals surface area (Å²) in [6, 6.07) is 0. The van der Waals surface area contributed by atoms with Crippen molar-refractivity contribution >= 4 is 41.3 Å². The van der Waals surface area contributed by atoms with Crippen LogP contribution in [0, 0.1) is 18.8 Å². The zero-order chi connectivity index (χ0) is 16.2. The van der Waals surface area contributed by atoms with Crippen molar-refractivity contribution in [1.29, 1.82) is 0 Å². The van der Waals surface area contributed by atoms with Crippen LogP contribution >= 0.6 is 35.3 Å². The molecule has 1 saturated heterocycles. The maximum Gasteiger partial charge on any atom is 0.193 e. The number of rotatable bonds is 4. The first-order chi connectivity index (χ1) is 11.2. The molecule has 1 aliphatic heterocycles. The Morgan fingerprint density at radius 1 is 1.29 bits per heavy atom. The Morgan fingerprint density at radius 3 is 2.50 bits per heavy atom. The Labute approximate surface area is 167 Å². The van der Waals surface area contributed by atoms with Gasteiger partial charge in [0, 0.05) is 38.0 Å². The summed E-state index contributed by atoms with van der Waals surface area (Å²) in [5, 5.41) is 4.81. The molecule has 3 rings (SSSR count). The molecule has 6 heteroatoms. The van der Waals surface area contributed by atoms with Crippen LogP contribution in [-0.4, -0.2) is 42.5 Å². The predicted octanol–water partition coefficient (Wildman–Crippen LogP) is 3.87. The monoisotopic (exact) mass is 462 g/mol. The maximum atomic E-state index is 4.73. The third kappa shape index (κ3) is 4.62. The molecule has 0 radical (unpaired) electrons. The van der Waals surface area contributed by atoms with Gasteiger partial charge in [-0.1, -0.05) is 19.8 Å². The first-order valence-corrected chi connectivity index (χ1v) is 9.93. The number of aromatic nitrogens is 1. The molecule has 2 aliphatic rings. The molecule has 1 aromatic rings. The van der Waals surface area contributed by atoms with E-state index >= 15 is 0 Å². The van der Waals surface area contributed by atoms with Crippen molar-refractivity contribution in [2.45, 2.75) is 52.4 Å². The zero-order valence-corrected chi connectivity index (χ0v) is 18.3. The number of aliphatic imine (C=N–C) groups is 1. The molecule has 0 amide bonds. The normalized spacial score (nSPS) is 23.8. The second-order valence-corrected chi connectivity index (χ2v) is 8.19.